The zero-order valence-corrected chi connectivity index (χ0v) is 8.45. The van der Waals surface area contributed by atoms with Crippen LogP contribution in [-0.4, -0.2) is 20.6 Å². The van der Waals surface area contributed by atoms with Gasteiger partial charge in [0.1, 0.15) is 0 Å². The highest BCUT2D eigenvalue weighted by Crippen LogP contribution is 2.15. The predicted octanol–water partition coefficient (Wildman–Crippen LogP) is 1.96. The minimum atomic E-state index is 0.400. The molecule has 1 aromatic carbocycles. The maximum Gasteiger partial charge on any atom is 0.193 e. The van der Waals surface area contributed by atoms with Crippen molar-refractivity contribution >= 4 is 17.3 Å². The summed E-state index contributed by atoms with van der Waals surface area (Å²) in [4.78, 5) is 15.3. The van der Waals surface area contributed by atoms with Crippen LogP contribution in [0.1, 0.15) is 10.6 Å². The number of benzene rings is 1. The van der Waals surface area contributed by atoms with Crippen LogP contribution >= 0.6 is 0 Å². The normalized spacial score (nSPS) is 10.8. The molecule has 3 aromatic rings. The number of hydrogen-bond donors (Lipinski definition) is 0. The molecule has 0 aliphatic heterocycles. The summed E-state index contributed by atoms with van der Waals surface area (Å²) in [5.74, 6) is 0.400. The van der Waals surface area contributed by atoms with Gasteiger partial charge in [0.15, 0.2) is 12.1 Å². The zero-order chi connectivity index (χ0) is 11.0. The van der Waals surface area contributed by atoms with E-state index >= 15 is 0 Å². The van der Waals surface area contributed by atoms with Crippen LogP contribution in [0.5, 0.6) is 0 Å². The van der Waals surface area contributed by atoms with E-state index in [2.05, 4.69) is 4.98 Å². The molecule has 4 nitrogen and oxygen atoms in total. The molecular formula is C12H9N3O. The summed E-state index contributed by atoms with van der Waals surface area (Å²) in [6, 6.07) is 11.5. The third kappa shape index (κ3) is 1.16. The molecular weight excluding hydrogens is 202 g/mol. The molecule has 2 aromatic heterocycles. The first-order valence-electron chi connectivity index (χ1n) is 4.96. The van der Waals surface area contributed by atoms with Gasteiger partial charge in [-0.2, -0.15) is 0 Å². The lowest BCUT2D eigenvalue weighted by atomic mass is 10.3. The van der Waals surface area contributed by atoms with E-state index in [1.807, 2.05) is 53.5 Å². The van der Waals surface area contributed by atoms with Crippen molar-refractivity contribution in [3.05, 3.63) is 54.6 Å². The van der Waals surface area contributed by atoms with Crippen LogP contribution in [0.4, 0.5) is 0 Å². The molecule has 78 valence electrons. The Balaban J connectivity index is 2.40. The number of aromatic nitrogens is 3. The first-order chi connectivity index (χ1) is 7.90. The molecule has 0 saturated carbocycles. The van der Waals surface area contributed by atoms with Crippen LogP contribution in [0, 0.1) is 0 Å². The average Bonchev–Trinajstić information content (AvgIpc) is 2.94. The van der Waals surface area contributed by atoms with E-state index < -0.39 is 0 Å². The summed E-state index contributed by atoms with van der Waals surface area (Å²) in [7, 11) is 0. The van der Waals surface area contributed by atoms with Crippen LogP contribution < -0.4 is 0 Å². The van der Waals surface area contributed by atoms with Crippen LogP contribution in [0.3, 0.4) is 0 Å². The fourth-order valence-corrected chi connectivity index (χ4v) is 1.81. The monoisotopic (exact) mass is 211 g/mol. The lowest BCUT2D eigenvalue weighted by Gasteiger charge is -2.06. The highest BCUT2D eigenvalue weighted by Gasteiger charge is 2.09. The summed E-state index contributed by atoms with van der Waals surface area (Å²) in [6.45, 7) is 0. The second kappa shape index (κ2) is 3.34. The van der Waals surface area contributed by atoms with Gasteiger partial charge < -0.3 is 0 Å². The van der Waals surface area contributed by atoms with Gasteiger partial charge in [-0.15, -0.1) is 0 Å². The van der Waals surface area contributed by atoms with E-state index in [4.69, 9.17) is 0 Å². The van der Waals surface area contributed by atoms with Gasteiger partial charge in [0, 0.05) is 12.4 Å². The number of para-hydroxylation sites is 2. The first-order valence-corrected chi connectivity index (χ1v) is 4.96. The number of nitrogens with zero attached hydrogens (tertiary/aromatic N) is 3. The highest BCUT2D eigenvalue weighted by atomic mass is 16.1. The van der Waals surface area contributed by atoms with Crippen LogP contribution in [0.25, 0.3) is 11.0 Å². The quantitative estimate of drug-likeness (QED) is 0.608. The van der Waals surface area contributed by atoms with Crippen LogP contribution in [0.2, 0.25) is 0 Å². The number of hydrogen-bond acceptors (Lipinski definition) is 2. The van der Waals surface area contributed by atoms with Crippen molar-refractivity contribution in [1.82, 2.24) is 14.3 Å². The smallest absolute Gasteiger partial charge is 0.193 e. The summed E-state index contributed by atoms with van der Waals surface area (Å²) >= 11 is 0. The van der Waals surface area contributed by atoms with E-state index in [9.17, 15) is 4.79 Å². The number of aldehydes is 1. The van der Waals surface area contributed by atoms with E-state index in [0.717, 1.165) is 17.3 Å². The Kier molecular flexibility index (Phi) is 1.86. The molecule has 0 aliphatic carbocycles. The number of carbonyl (C=O) groups is 1. The van der Waals surface area contributed by atoms with Crippen molar-refractivity contribution in [2.24, 2.45) is 0 Å². The number of fused-ring (bicyclic) bond motifs is 1. The molecule has 0 atom stereocenters. The topological polar surface area (TPSA) is 39.8 Å². The number of imidazole rings is 1. The molecule has 0 saturated heterocycles. The van der Waals surface area contributed by atoms with E-state index in [1.54, 1.807) is 4.68 Å². The lowest BCUT2D eigenvalue weighted by Crippen LogP contribution is -2.09. The maximum absolute atomic E-state index is 11.0. The number of rotatable bonds is 2. The minimum absolute atomic E-state index is 0.400. The zero-order valence-electron chi connectivity index (χ0n) is 8.45. The molecule has 0 amide bonds. The van der Waals surface area contributed by atoms with Gasteiger partial charge in [-0.25, -0.2) is 9.66 Å². The second-order valence-electron chi connectivity index (χ2n) is 3.45. The fraction of sp³-hybridized carbons (Fsp3) is 0. The van der Waals surface area contributed by atoms with Gasteiger partial charge in [-0.3, -0.25) is 9.47 Å². The third-order valence-electron chi connectivity index (χ3n) is 2.49. The Hall–Kier alpha value is -2.36. The molecule has 0 radical (unpaired) electrons. The fourth-order valence-electron chi connectivity index (χ4n) is 1.81. The molecule has 16 heavy (non-hydrogen) atoms. The maximum atomic E-state index is 11.0. The second-order valence-corrected chi connectivity index (χ2v) is 3.45. The highest BCUT2D eigenvalue weighted by molar-refractivity contribution is 5.82. The Labute approximate surface area is 91.7 Å². The van der Waals surface area contributed by atoms with Crippen molar-refractivity contribution in [2.75, 3.05) is 0 Å². The minimum Gasteiger partial charge on any atom is -0.294 e. The van der Waals surface area contributed by atoms with E-state index in [-0.39, 0.29) is 0 Å². The summed E-state index contributed by atoms with van der Waals surface area (Å²) in [5.41, 5.74) is 1.74. The largest absolute Gasteiger partial charge is 0.294 e. The van der Waals surface area contributed by atoms with Crippen molar-refractivity contribution in [3.63, 3.8) is 0 Å². The third-order valence-corrected chi connectivity index (χ3v) is 2.49. The SMILES string of the molecule is O=Cc1nc2ccccc2n1-n1cccc1. The molecule has 4 heteroatoms. The van der Waals surface area contributed by atoms with Gasteiger partial charge >= 0.3 is 0 Å². The Morgan fingerprint density at radius 3 is 2.56 bits per heavy atom. The Morgan fingerprint density at radius 1 is 1.06 bits per heavy atom. The lowest BCUT2D eigenvalue weighted by molar-refractivity contribution is 0.111. The summed E-state index contributed by atoms with van der Waals surface area (Å²) in [6.07, 6.45) is 4.52. The Bertz CT molecular complexity index is 637. The summed E-state index contributed by atoms with van der Waals surface area (Å²) < 4.78 is 3.61. The Morgan fingerprint density at radius 2 is 1.81 bits per heavy atom. The molecule has 3 rings (SSSR count). The predicted molar refractivity (Wildman–Crippen MR) is 60.3 cm³/mol. The molecule has 0 fully saturated rings. The summed E-state index contributed by atoms with van der Waals surface area (Å²) in [5, 5.41) is 0. The van der Waals surface area contributed by atoms with Crippen molar-refractivity contribution < 1.29 is 4.79 Å². The molecule has 0 aliphatic rings. The molecule has 0 N–H and O–H groups in total. The number of carbonyl (C=O) groups excluding carboxylic acids is 1. The molecule has 0 spiro atoms. The van der Waals surface area contributed by atoms with Crippen molar-refractivity contribution in [3.8, 4) is 0 Å². The molecule has 0 bridgehead atoms. The van der Waals surface area contributed by atoms with Gasteiger partial charge in [0.2, 0.25) is 0 Å². The average molecular weight is 211 g/mol. The van der Waals surface area contributed by atoms with E-state index in [1.165, 1.54) is 0 Å². The van der Waals surface area contributed by atoms with Crippen molar-refractivity contribution in [2.45, 2.75) is 0 Å². The molecule has 2 heterocycles. The van der Waals surface area contributed by atoms with Crippen LogP contribution in [-0.2, 0) is 0 Å². The van der Waals surface area contributed by atoms with Gasteiger partial charge in [0.05, 0.1) is 11.0 Å². The van der Waals surface area contributed by atoms with Crippen LogP contribution in [0.15, 0.2) is 48.8 Å². The van der Waals surface area contributed by atoms with Gasteiger partial charge in [-0.1, -0.05) is 12.1 Å². The van der Waals surface area contributed by atoms with E-state index in [0.29, 0.717) is 5.82 Å². The standard InChI is InChI=1S/C12H9N3O/c16-9-12-13-10-5-1-2-6-11(10)15(12)14-7-3-4-8-14/h1-9H. The molecule has 0 unspecified atom stereocenters. The first kappa shape index (κ1) is 8.91. The van der Waals surface area contributed by atoms with Gasteiger partial charge in [-0.05, 0) is 24.3 Å². The van der Waals surface area contributed by atoms with Gasteiger partial charge in [0.25, 0.3) is 0 Å². The van der Waals surface area contributed by atoms with Crippen molar-refractivity contribution in [1.29, 1.82) is 0 Å².